The average Bonchev–Trinajstić information content (AvgIpc) is 4.23. The Morgan fingerprint density at radius 1 is 0.606 bits per heavy atom. The van der Waals surface area contributed by atoms with Gasteiger partial charge in [0.15, 0.2) is 46.8 Å². The Morgan fingerprint density at radius 2 is 1.06 bits per heavy atom. The third-order valence-corrected chi connectivity index (χ3v) is 18.2. The van der Waals surface area contributed by atoms with Crippen LogP contribution in [0.25, 0.3) is 10.8 Å². The predicted molar refractivity (Wildman–Crippen MR) is 239 cm³/mol. The number of rotatable bonds is 10. The minimum absolute atomic E-state index is 0.00308. The summed E-state index contributed by atoms with van der Waals surface area (Å²) in [4.78, 5) is 59.5. The number of carbonyl (C=O) groups excluding carboxylic acids is 4. The first-order chi connectivity index (χ1) is 32.0. The molecule has 0 amide bonds. The highest BCUT2D eigenvalue weighted by molar-refractivity contribution is 5.92. The maximum atomic E-state index is 13.7. The van der Waals surface area contributed by atoms with Crippen LogP contribution in [-0.4, -0.2) is 105 Å². The van der Waals surface area contributed by atoms with Crippen LogP contribution in [0.15, 0.2) is 60.7 Å². The highest BCUT2D eigenvalue weighted by Gasteiger charge is 2.75. The van der Waals surface area contributed by atoms with Crippen LogP contribution in [0, 0.1) is 11.8 Å². The van der Waals surface area contributed by atoms with Crippen molar-refractivity contribution in [2.75, 3.05) is 26.2 Å². The van der Waals surface area contributed by atoms with Crippen LogP contribution in [-0.2, 0) is 55.7 Å². The second kappa shape index (κ2) is 13.7. The van der Waals surface area contributed by atoms with Crippen LogP contribution in [0.1, 0.15) is 97.6 Å². The van der Waals surface area contributed by atoms with E-state index in [1.54, 1.807) is 12.1 Å². The van der Waals surface area contributed by atoms with Crippen LogP contribution < -0.4 is 18.9 Å². The molecule has 8 atom stereocenters. The van der Waals surface area contributed by atoms with Crippen molar-refractivity contribution in [3.05, 3.63) is 94.0 Å². The van der Waals surface area contributed by atoms with E-state index in [0.717, 1.165) is 70.3 Å². The monoisotopic (exact) mass is 890 g/mol. The number of benzene rings is 4. The predicted octanol–water partition coefficient (Wildman–Crippen LogP) is 5.40. The van der Waals surface area contributed by atoms with Crippen molar-refractivity contribution >= 4 is 34.3 Å². The number of Topliss-reactive ketones (excluding diaryl/α,β-unsaturated/α-hetero) is 2. The quantitative estimate of drug-likeness (QED) is 0.155. The Morgan fingerprint density at radius 3 is 1.50 bits per heavy atom. The van der Waals surface area contributed by atoms with Crippen LogP contribution in [0.4, 0.5) is 0 Å². The van der Waals surface area contributed by atoms with E-state index in [1.807, 2.05) is 48.5 Å². The van der Waals surface area contributed by atoms with Gasteiger partial charge in [0.2, 0.25) is 0 Å². The zero-order valence-corrected chi connectivity index (χ0v) is 37.0. The zero-order valence-electron chi connectivity index (χ0n) is 37.0. The van der Waals surface area contributed by atoms with Gasteiger partial charge in [0.25, 0.3) is 0 Å². The van der Waals surface area contributed by atoms with Crippen molar-refractivity contribution in [2.45, 2.75) is 136 Å². The Hall–Kier alpha value is -5.14. The molecule has 10 aliphatic rings. The molecule has 2 spiro atoms. The fourth-order valence-corrected chi connectivity index (χ4v) is 14.9. The molecule has 66 heavy (non-hydrogen) atoms. The molecular weight excluding hydrogens is 837 g/mol. The molecule has 0 radical (unpaired) electrons. The molecule has 4 aliphatic heterocycles. The number of ketones is 2. The van der Waals surface area contributed by atoms with Gasteiger partial charge in [-0.05, 0) is 134 Å². The van der Waals surface area contributed by atoms with Gasteiger partial charge < -0.3 is 29.2 Å². The summed E-state index contributed by atoms with van der Waals surface area (Å²) in [5.74, 6) is 1.81. The highest BCUT2D eigenvalue weighted by Crippen LogP contribution is 2.67. The van der Waals surface area contributed by atoms with Crippen molar-refractivity contribution in [3.63, 3.8) is 0 Å². The van der Waals surface area contributed by atoms with Crippen LogP contribution in [0.3, 0.4) is 0 Å². The third kappa shape index (κ3) is 5.41. The van der Waals surface area contributed by atoms with Gasteiger partial charge in [-0.25, -0.2) is 0 Å². The fraction of sp³-hybridized carbons (Fsp3) is 0.519. The number of likely N-dealkylation sites (tertiary alicyclic amines) is 2. The normalized spacial score (nSPS) is 34.3. The Balaban J connectivity index is 0.691. The lowest BCUT2D eigenvalue weighted by atomic mass is 9.49. The number of hydrogen-bond donors (Lipinski definition) is 2. The number of carbonyl (C=O) groups is 4. The second-order valence-corrected chi connectivity index (χ2v) is 21.7. The van der Waals surface area contributed by atoms with Gasteiger partial charge in [0.05, 0.1) is 34.9 Å². The lowest BCUT2D eigenvalue weighted by Gasteiger charge is -2.62. The summed E-state index contributed by atoms with van der Waals surface area (Å²) in [6.45, 7) is 3.55. The van der Waals surface area contributed by atoms with Crippen LogP contribution >= 0.6 is 0 Å². The lowest BCUT2D eigenvalue weighted by molar-refractivity contribution is -0.188. The molecule has 2 N–H and O–H groups in total. The molecule has 4 aromatic rings. The molecule has 12 nitrogen and oxygen atoms in total. The molecule has 4 saturated carbocycles. The van der Waals surface area contributed by atoms with Crippen LogP contribution in [0.5, 0.6) is 23.0 Å². The molecule has 6 aliphatic carbocycles. The average molecular weight is 891 g/mol. The van der Waals surface area contributed by atoms with E-state index in [-0.39, 0.29) is 60.8 Å². The van der Waals surface area contributed by atoms with Crippen molar-refractivity contribution in [1.82, 2.24) is 9.80 Å². The second-order valence-electron chi connectivity index (χ2n) is 21.7. The zero-order chi connectivity index (χ0) is 44.5. The maximum Gasteiger partial charge on any atom is 0.315 e. The van der Waals surface area contributed by atoms with E-state index in [9.17, 15) is 29.4 Å². The van der Waals surface area contributed by atoms with Crippen molar-refractivity contribution < 1.29 is 48.3 Å². The SMILES string of the molecule is O=C(Cc1ccc2ccc(CC(=O)Oc3ccc4c5c3O[C@H]3C(=O)CC[C@@]6(O)[C@@H](C4)N(CC4CC4)CC[C@]536)cc2c1)Oc1ccc2c3c1O[C@H]1C(=O)CC[C@@]4(O)[C@@H](C2)N(CC2CC2)CC[C@]314. The standard InChI is InChI=1S/C54H54N2O10/c57-37-13-15-53(61)41-25-34-9-11-39(47-45(34)51(53,49(37)65-47)17-19-55(41)27-29-1-2-29)63-43(59)23-31-5-7-33-8-6-32(22-36(33)21-31)24-44(60)64-40-12-10-35-26-42-54(62)16-14-38(58)50-52(54,46(35)48(40)66-50)18-20-56(42)28-30-3-4-30/h5-12,21-22,29-30,41-42,49-50,61-62H,1-4,13-20,23-28H2/t41-,42-,49+,50+,51+,52+,53-,54-/m1/s1. The number of fused-ring (bicyclic) bond motifs is 1. The highest BCUT2D eigenvalue weighted by atomic mass is 16.6. The Kier molecular flexibility index (Phi) is 8.32. The summed E-state index contributed by atoms with van der Waals surface area (Å²) in [5.41, 5.74) is 1.39. The molecule has 340 valence electrons. The van der Waals surface area contributed by atoms with E-state index >= 15 is 0 Å². The number of hydrogen-bond acceptors (Lipinski definition) is 12. The van der Waals surface area contributed by atoms with Gasteiger partial charge in [-0.15, -0.1) is 0 Å². The van der Waals surface area contributed by atoms with Crippen molar-refractivity contribution in [1.29, 1.82) is 0 Å². The largest absolute Gasteiger partial charge is 0.477 e. The van der Waals surface area contributed by atoms with Gasteiger partial charge in [-0.1, -0.05) is 48.5 Å². The molecule has 2 saturated heterocycles. The molecule has 0 unspecified atom stereocenters. The van der Waals surface area contributed by atoms with Gasteiger partial charge >= 0.3 is 11.9 Å². The van der Waals surface area contributed by atoms with Gasteiger partial charge in [-0.3, -0.25) is 29.0 Å². The van der Waals surface area contributed by atoms with E-state index in [2.05, 4.69) is 9.80 Å². The van der Waals surface area contributed by atoms with E-state index in [4.69, 9.17) is 18.9 Å². The summed E-state index contributed by atoms with van der Waals surface area (Å²) in [5, 5.41) is 27.1. The first-order valence-electron chi connectivity index (χ1n) is 24.5. The molecule has 4 aromatic carbocycles. The summed E-state index contributed by atoms with van der Waals surface area (Å²) in [7, 11) is 0. The fourth-order valence-electron chi connectivity index (χ4n) is 14.9. The lowest BCUT2D eigenvalue weighted by Crippen LogP contribution is -2.76. The van der Waals surface area contributed by atoms with E-state index in [1.165, 1.54) is 25.7 Å². The summed E-state index contributed by atoms with van der Waals surface area (Å²) < 4.78 is 25.2. The van der Waals surface area contributed by atoms with E-state index < -0.39 is 46.2 Å². The molecule has 12 heteroatoms. The Labute approximate surface area is 382 Å². The Bertz CT molecular complexity index is 2670. The first-order valence-corrected chi connectivity index (χ1v) is 24.5. The first kappa shape index (κ1) is 40.0. The smallest absolute Gasteiger partial charge is 0.315 e. The maximum absolute atomic E-state index is 13.7. The molecule has 0 aromatic heterocycles. The summed E-state index contributed by atoms with van der Waals surface area (Å²) in [6.07, 6.45) is 7.21. The third-order valence-electron chi connectivity index (χ3n) is 18.2. The molecular formula is C54H54N2O10. The number of esters is 2. The van der Waals surface area contributed by atoms with Crippen molar-refractivity contribution in [2.24, 2.45) is 11.8 Å². The molecule has 4 heterocycles. The topological polar surface area (TPSA) is 152 Å². The van der Waals surface area contributed by atoms with Gasteiger partial charge in [0, 0.05) is 49.1 Å². The summed E-state index contributed by atoms with van der Waals surface area (Å²) in [6, 6.07) is 18.9. The minimum Gasteiger partial charge on any atom is -0.477 e. The van der Waals surface area contributed by atoms with Crippen molar-refractivity contribution in [3.8, 4) is 23.0 Å². The van der Waals surface area contributed by atoms with Gasteiger partial charge in [0.1, 0.15) is 0 Å². The number of aliphatic hydroxyl groups is 2. The number of piperidine rings is 2. The molecule has 14 rings (SSSR count). The molecule has 4 bridgehead atoms. The molecule has 6 fully saturated rings. The number of nitrogens with zero attached hydrogens (tertiary/aromatic N) is 2. The van der Waals surface area contributed by atoms with Crippen LogP contribution in [0.2, 0.25) is 0 Å². The minimum atomic E-state index is -1.10. The summed E-state index contributed by atoms with van der Waals surface area (Å²) >= 11 is 0. The number of ether oxygens (including phenoxy) is 4. The van der Waals surface area contributed by atoms with E-state index in [0.29, 0.717) is 61.9 Å². The van der Waals surface area contributed by atoms with Gasteiger partial charge in [-0.2, -0.15) is 0 Å².